The fourth-order valence-electron chi connectivity index (χ4n) is 5.74. The van der Waals surface area contributed by atoms with E-state index in [1.807, 2.05) is 46.4 Å². The molecule has 1 saturated heterocycles. The van der Waals surface area contributed by atoms with Crippen molar-refractivity contribution in [3.05, 3.63) is 91.6 Å². The summed E-state index contributed by atoms with van der Waals surface area (Å²) in [4.78, 5) is 3.30. The molecule has 9 nitrogen and oxygen atoms in total. The van der Waals surface area contributed by atoms with E-state index in [1.165, 1.54) is 12.5 Å². The number of fused-ring (bicyclic) bond motifs is 4. The van der Waals surface area contributed by atoms with E-state index in [2.05, 4.69) is 23.1 Å². The molecule has 15 heteroatoms. The van der Waals surface area contributed by atoms with Crippen LogP contribution in [-0.2, 0) is 39.7 Å². The Morgan fingerprint density at radius 3 is 2.53 bits per heavy atom. The van der Waals surface area contributed by atoms with Crippen LogP contribution >= 0.6 is 35.0 Å². The summed E-state index contributed by atoms with van der Waals surface area (Å²) in [6, 6.07) is 11.6. The first-order chi connectivity index (χ1) is 20.8. The molecule has 3 aromatic rings. The van der Waals surface area contributed by atoms with Crippen LogP contribution in [0.1, 0.15) is 49.7 Å². The molecule has 2 atom stereocenters. The summed E-state index contributed by atoms with van der Waals surface area (Å²) >= 11 is 14.4. The summed E-state index contributed by atoms with van der Waals surface area (Å²) in [7, 11) is -8.79. The van der Waals surface area contributed by atoms with Gasteiger partial charge in [-0.15, -0.1) is 0 Å². The van der Waals surface area contributed by atoms with E-state index in [9.17, 15) is 25.9 Å². The molecule has 5 rings (SSSR count). The van der Waals surface area contributed by atoms with Gasteiger partial charge in [0, 0.05) is 41.8 Å². The maximum absolute atomic E-state index is 11.6. The van der Waals surface area contributed by atoms with Crippen LogP contribution < -0.4 is 34.1 Å². The fourth-order valence-corrected chi connectivity index (χ4v) is 8.17. The van der Waals surface area contributed by atoms with Crippen LogP contribution in [0.4, 0.5) is 0 Å². The molecule has 2 aromatic carbocycles. The zero-order valence-corrected chi connectivity index (χ0v) is 31.1. The second-order valence-corrected chi connectivity index (χ2v) is 16.0. The van der Waals surface area contributed by atoms with Crippen molar-refractivity contribution >= 4 is 72.3 Å². The number of allylic oxidation sites excluding steroid dienone is 3. The molecule has 1 aromatic heterocycles. The average Bonchev–Trinajstić information content (AvgIpc) is 3.45. The predicted octanol–water partition coefficient (Wildman–Crippen LogP) is 2.60. The van der Waals surface area contributed by atoms with Gasteiger partial charge in [-0.25, -0.2) is 26.0 Å². The molecule has 0 N–H and O–H groups in total. The Morgan fingerprint density at radius 1 is 1.13 bits per heavy atom. The minimum Gasteiger partial charge on any atom is -0.748 e. The number of aryl methyl sites for hydroxylation is 2. The molecule has 0 spiro atoms. The standard InChI is InChI=1S/C30H33Cl2N3O6S3.Na/c1-3-33-25-18-23(31)24(32)19-26(25)34(16-14-20(2)44(39,40)41)28(33)10-6-11-29-35(15-7-17-43(36,37)38)30-22-9-5-4-8-21(22)12-13-27(30)42-29;/h4-6,8-11,13,18-20,30H,3,7,12,14-17H2,1-2H3,(H-,36,37,38,39,40,41);/q;+1/p-1. The third kappa shape index (κ3) is 8.22. The maximum Gasteiger partial charge on any atom is 1.00 e. The molecule has 0 bridgehead atoms. The molecule has 2 unspecified atom stereocenters. The average molecular weight is 721 g/mol. The SMILES string of the molecule is CCn1c(C=CC=C2SC3=CCc4ccccc4C3N2CCCS(=O)(=O)[O-])[n+](CCC(C)S(=O)(=O)[O-])c2cc(Cl)c(Cl)cc21.[Na+]. The molecule has 236 valence electrons. The van der Waals surface area contributed by atoms with E-state index in [0.29, 0.717) is 23.1 Å². The molecule has 0 saturated carbocycles. The zero-order valence-electron chi connectivity index (χ0n) is 25.1. The minimum absolute atomic E-state index is 0. The molecule has 1 fully saturated rings. The van der Waals surface area contributed by atoms with Gasteiger partial charge >= 0.3 is 29.6 Å². The van der Waals surface area contributed by atoms with Gasteiger partial charge in [-0.2, -0.15) is 0 Å². The number of benzene rings is 2. The summed E-state index contributed by atoms with van der Waals surface area (Å²) in [6.45, 7) is 4.63. The Kier molecular flexibility index (Phi) is 12.0. The molecule has 1 aliphatic carbocycles. The molecule has 45 heavy (non-hydrogen) atoms. The van der Waals surface area contributed by atoms with Gasteiger partial charge in [0.2, 0.25) is 0 Å². The third-order valence-corrected chi connectivity index (χ3v) is 11.9. The van der Waals surface area contributed by atoms with Crippen LogP contribution in [0.3, 0.4) is 0 Å². The Balaban J connectivity index is 0.00000461. The Labute approximate surface area is 300 Å². The number of hydrogen-bond acceptors (Lipinski definition) is 8. The predicted molar refractivity (Wildman–Crippen MR) is 173 cm³/mol. The summed E-state index contributed by atoms with van der Waals surface area (Å²) in [5.74, 6) is 0.325. The normalized spacial score (nSPS) is 18.3. The van der Waals surface area contributed by atoms with Crippen molar-refractivity contribution in [2.24, 2.45) is 0 Å². The second-order valence-electron chi connectivity index (χ2n) is 10.8. The number of hydrogen-bond donors (Lipinski definition) is 0. The number of thioether (sulfide) groups is 1. The maximum atomic E-state index is 11.6. The molecular formula is C30H32Cl2N3NaO6S3. The molecule has 1 aliphatic heterocycles. The van der Waals surface area contributed by atoms with Gasteiger partial charge in [0.25, 0.3) is 5.82 Å². The fraction of sp³-hybridized carbons (Fsp3) is 0.367. The molecule has 0 radical (unpaired) electrons. The van der Waals surface area contributed by atoms with Crippen molar-refractivity contribution in [2.75, 3.05) is 12.3 Å². The summed E-state index contributed by atoms with van der Waals surface area (Å²) in [5.41, 5.74) is 3.94. The third-order valence-electron chi connectivity index (χ3n) is 7.96. The van der Waals surface area contributed by atoms with Crippen LogP contribution in [0.25, 0.3) is 17.1 Å². The van der Waals surface area contributed by atoms with Crippen molar-refractivity contribution in [2.45, 2.75) is 57.5 Å². The number of nitrogens with zero attached hydrogens (tertiary/aromatic N) is 3. The minimum atomic E-state index is -4.45. The van der Waals surface area contributed by atoms with E-state index in [-0.39, 0.29) is 55.0 Å². The van der Waals surface area contributed by atoms with E-state index in [4.69, 9.17) is 23.2 Å². The molecule has 0 amide bonds. The van der Waals surface area contributed by atoms with Crippen molar-refractivity contribution in [3.63, 3.8) is 0 Å². The topological polar surface area (TPSA) is 126 Å². The van der Waals surface area contributed by atoms with E-state index in [0.717, 1.165) is 38.8 Å². The monoisotopic (exact) mass is 719 g/mol. The Bertz CT molecular complexity index is 1910. The molecule has 2 aliphatic rings. The van der Waals surface area contributed by atoms with Gasteiger partial charge in [-0.3, -0.25) is 0 Å². The quantitative estimate of drug-likeness (QED) is 0.168. The molecule has 2 heterocycles. The van der Waals surface area contributed by atoms with Gasteiger partial charge in [0.05, 0.1) is 59.7 Å². The van der Waals surface area contributed by atoms with Crippen LogP contribution in [0.5, 0.6) is 0 Å². The van der Waals surface area contributed by atoms with Crippen LogP contribution in [0.2, 0.25) is 10.0 Å². The number of imidazole rings is 1. The van der Waals surface area contributed by atoms with E-state index >= 15 is 0 Å². The van der Waals surface area contributed by atoms with E-state index < -0.39 is 31.2 Å². The van der Waals surface area contributed by atoms with Crippen molar-refractivity contribution < 1.29 is 60.1 Å². The van der Waals surface area contributed by atoms with E-state index in [1.54, 1.807) is 23.9 Å². The van der Waals surface area contributed by atoms with Gasteiger partial charge in [-0.1, -0.05) is 71.4 Å². The first-order valence-electron chi connectivity index (χ1n) is 14.2. The van der Waals surface area contributed by atoms with Gasteiger partial charge in [-0.05, 0) is 43.9 Å². The van der Waals surface area contributed by atoms with Crippen molar-refractivity contribution in [1.29, 1.82) is 0 Å². The smallest absolute Gasteiger partial charge is 0.748 e. The van der Waals surface area contributed by atoms with Crippen LogP contribution in [0, 0.1) is 0 Å². The Hall–Kier alpha value is -1.32. The zero-order chi connectivity index (χ0) is 31.8. The number of aromatic nitrogens is 2. The summed E-state index contributed by atoms with van der Waals surface area (Å²) in [6.07, 6.45) is 9.10. The Morgan fingerprint density at radius 2 is 1.84 bits per heavy atom. The second kappa shape index (κ2) is 14.8. The first kappa shape index (κ1) is 36.5. The molecular weight excluding hydrogens is 688 g/mol. The van der Waals surface area contributed by atoms with Crippen molar-refractivity contribution in [3.8, 4) is 0 Å². The van der Waals surface area contributed by atoms with Crippen LogP contribution in [-0.4, -0.2) is 53.0 Å². The van der Waals surface area contributed by atoms with Crippen LogP contribution in [0.15, 0.2) is 64.6 Å². The largest absolute Gasteiger partial charge is 1.00 e. The van der Waals surface area contributed by atoms with Crippen molar-refractivity contribution in [1.82, 2.24) is 9.47 Å². The van der Waals surface area contributed by atoms with Gasteiger partial charge in [0.15, 0.2) is 11.0 Å². The van der Waals surface area contributed by atoms with Gasteiger partial charge < -0.3 is 14.0 Å². The number of rotatable bonds is 11. The summed E-state index contributed by atoms with van der Waals surface area (Å²) < 4.78 is 73.0. The summed E-state index contributed by atoms with van der Waals surface area (Å²) in [5, 5.41) is 0.594. The van der Waals surface area contributed by atoms with Gasteiger partial charge in [0.1, 0.15) is 0 Å². The number of halogens is 2. The first-order valence-corrected chi connectivity index (χ1v) is 18.8.